The number of benzene rings is 2. The maximum atomic E-state index is 14.7. The fraction of sp³-hybridized carbons (Fsp3) is 0.211. The highest BCUT2D eigenvalue weighted by molar-refractivity contribution is 7.93. The summed E-state index contributed by atoms with van der Waals surface area (Å²) in [6, 6.07) is 6.11. The molecule has 7 nitrogen and oxygen atoms in total. The summed E-state index contributed by atoms with van der Waals surface area (Å²) >= 11 is 7.32. The van der Waals surface area contributed by atoms with Gasteiger partial charge >= 0.3 is 0 Å². The van der Waals surface area contributed by atoms with E-state index in [0.29, 0.717) is 24.5 Å². The van der Waals surface area contributed by atoms with E-state index >= 15 is 0 Å². The molecule has 2 aromatic carbocycles. The summed E-state index contributed by atoms with van der Waals surface area (Å²) in [4.78, 5) is 5.04. The third-order valence-corrected chi connectivity index (χ3v) is 6.79. The normalized spacial score (nSPS) is 11.0. The van der Waals surface area contributed by atoms with E-state index in [0.717, 1.165) is 23.5 Å². The van der Waals surface area contributed by atoms with Crippen molar-refractivity contribution in [2.45, 2.75) is 4.90 Å². The quantitative estimate of drug-likeness (QED) is 0.377. The van der Waals surface area contributed by atoms with Crippen molar-refractivity contribution in [2.75, 3.05) is 42.1 Å². The molecule has 3 aromatic rings. The Hall–Kier alpha value is -2.18. The first kappa shape index (κ1) is 26.1. The van der Waals surface area contributed by atoms with Crippen LogP contribution in [0, 0.1) is 11.6 Å². The highest BCUT2D eigenvalue weighted by Gasteiger charge is 2.23. The molecule has 1 heterocycles. The van der Waals surface area contributed by atoms with Crippen LogP contribution in [0.2, 0.25) is 5.02 Å². The number of nitrogens with one attached hydrogen (secondary N) is 3. The maximum absolute atomic E-state index is 14.7. The van der Waals surface area contributed by atoms with Crippen molar-refractivity contribution < 1.29 is 17.2 Å². The Kier molecular flexibility index (Phi) is 9.05. The van der Waals surface area contributed by atoms with Crippen molar-refractivity contribution in [3.8, 4) is 0 Å². The van der Waals surface area contributed by atoms with Crippen LogP contribution in [0.25, 0.3) is 0 Å². The molecule has 13 heteroatoms. The summed E-state index contributed by atoms with van der Waals surface area (Å²) in [6.07, 6.45) is 1.42. The van der Waals surface area contributed by atoms with E-state index in [1.807, 2.05) is 4.90 Å². The molecule has 0 saturated heterocycles. The molecule has 174 valence electrons. The molecule has 0 fully saturated rings. The van der Waals surface area contributed by atoms with Gasteiger partial charge in [0, 0.05) is 37.8 Å². The average molecular weight is 524 g/mol. The first-order valence-electron chi connectivity index (χ1n) is 9.05. The zero-order chi connectivity index (χ0) is 22.6. The minimum atomic E-state index is -4.22. The Balaban J connectivity index is 0.00000363. The van der Waals surface area contributed by atoms with Gasteiger partial charge in [0.1, 0.15) is 16.5 Å². The number of hydrogen-bond acceptors (Lipinski definition) is 7. The lowest BCUT2D eigenvalue weighted by atomic mass is 10.2. The molecule has 32 heavy (non-hydrogen) atoms. The summed E-state index contributed by atoms with van der Waals surface area (Å²) in [7, 11) is -0.621. The largest absolute Gasteiger partial charge is 0.372 e. The van der Waals surface area contributed by atoms with E-state index in [4.69, 9.17) is 11.6 Å². The van der Waals surface area contributed by atoms with Crippen LogP contribution in [0.1, 0.15) is 0 Å². The number of anilines is 4. The van der Waals surface area contributed by atoms with Crippen LogP contribution in [0.5, 0.6) is 0 Å². The van der Waals surface area contributed by atoms with Crippen molar-refractivity contribution in [1.29, 1.82) is 0 Å². The highest BCUT2D eigenvalue weighted by atomic mass is 35.5. The van der Waals surface area contributed by atoms with Crippen molar-refractivity contribution in [1.82, 2.24) is 10.3 Å². The van der Waals surface area contributed by atoms with Crippen LogP contribution in [-0.4, -0.2) is 40.6 Å². The van der Waals surface area contributed by atoms with Crippen LogP contribution in [0.4, 0.5) is 31.0 Å². The Bertz CT molecular complexity index is 1160. The molecule has 0 bridgehead atoms. The molecule has 0 unspecified atom stereocenters. The van der Waals surface area contributed by atoms with E-state index < -0.39 is 26.6 Å². The number of sulfonamides is 1. The van der Waals surface area contributed by atoms with Crippen LogP contribution < -0.4 is 20.3 Å². The Morgan fingerprint density at radius 2 is 1.94 bits per heavy atom. The predicted octanol–water partition coefficient (Wildman–Crippen LogP) is 4.70. The minimum absolute atomic E-state index is 0. The molecule has 0 saturated carbocycles. The second-order valence-electron chi connectivity index (χ2n) is 6.52. The Morgan fingerprint density at radius 1 is 1.19 bits per heavy atom. The number of halogens is 4. The standard InChI is InChI=1S/C19H20ClF2N5O2S2.ClH/c1-23-5-7-27(2)17-9-12(21)3-4-15(17)25-16-11-14(22)18(10-13(16)20)31(28,29)26-19-24-6-8-30-19;/h3-4,6,8-11,23,25H,5,7H2,1-2H3,(H,24,26);1H. The van der Waals surface area contributed by atoms with Gasteiger partial charge in [-0.25, -0.2) is 22.2 Å². The van der Waals surface area contributed by atoms with Gasteiger partial charge in [0.05, 0.1) is 22.1 Å². The van der Waals surface area contributed by atoms with Crippen LogP contribution >= 0.6 is 35.3 Å². The summed E-state index contributed by atoms with van der Waals surface area (Å²) in [6.45, 7) is 1.26. The zero-order valence-electron chi connectivity index (χ0n) is 17.0. The summed E-state index contributed by atoms with van der Waals surface area (Å²) in [5, 5.41) is 7.65. The monoisotopic (exact) mass is 523 g/mol. The number of likely N-dealkylation sites (N-methyl/N-ethyl adjacent to an activating group) is 2. The van der Waals surface area contributed by atoms with Gasteiger partial charge in [0.2, 0.25) is 0 Å². The maximum Gasteiger partial charge on any atom is 0.266 e. The van der Waals surface area contributed by atoms with Gasteiger partial charge in [0.25, 0.3) is 10.0 Å². The van der Waals surface area contributed by atoms with E-state index in [1.165, 1.54) is 24.4 Å². The summed E-state index contributed by atoms with van der Waals surface area (Å²) in [5.41, 5.74) is 1.16. The Labute approximate surface area is 200 Å². The number of aromatic nitrogens is 1. The molecule has 0 aliphatic rings. The van der Waals surface area contributed by atoms with Gasteiger partial charge in [-0.15, -0.1) is 23.7 Å². The van der Waals surface area contributed by atoms with E-state index in [9.17, 15) is 17.2 Å². The van der Waals surface area contributed by atoms with Crippen molar-refractivity contribution in [3.63, 3.8) is 0 Å². The predicted molar refractivity (Wildman–Crippen MR) is 128 cm³/mol. The second kappa shape index (κ2) is 11.1. The SMILES string of the molecule is CNCCN(C)c1cc(F)ccc1Nc1cc(F)c(S(=O)(=O)Nc2nccs2)cc1Cl.Cl. The number of hydrogen-bond donors (Lipinski definition) is 3. The molecule has 0 amide bonds. The minimum Gasteiger partial charge on any atom is -0.372 e. The molecular weight excluding hydrogens is 503 g/mol. The molecule has 3 rings (SSSR count). The molecule has 0 radical (unpaired) electrons. The zero-order valence-corrected chi connectivity index (χ0v) is 20.2. The van der Waals surface area contributed by atoms with Crippen LogP contribution in [0.15, 0.2) is 46.8 Å². The second-order valence-corrected chi connectivity index (χ2v) is 9.47. The smallest absolute Gasteiger partial charge is 0.266 e. The van der Waals surface area contributed by atoms with Crippen LogP contribution in [0.3, 0.4) is 0 Å². The lowest BCUT2D eigenvalue weighted by Crippen LogP contribution is -2.27. The fourth-order valence-corrected chi connectivity index (χ4v) is 4.90. The topological polar surface area (TPSA) is 86.4 Å². The van der Waals surface area contributed by atoms with Gasteiger partial charge < -0.3 is 15.5 Å². The highest BCUT2D eigenvalue weighted by Crippen LogP contribution is 2.35. The first-order valence-corrected chi connectivity index (χ1v) is 11.8. The third-order valence-electron chi connectivity index (χ3n) is 4.30. The molecule has 1 aromatic heterocycles. The van der Waals surface area contributed by atoms with E-state index in [2.05, 4.69) is 20.3 Å². The molecule has 0 aliphatic heterocycles. The number of thiazole rings is 1. The Morgan fingerprint density at radius 3 is 2.59 bits per heavy atom. The lowest BCUT2D eigenvalue weighted by Gasteiger charge is -2.23. The van der Waals surface area contributed by atoms with Gasteiger partial charge in [-0.2, -0.15) is 0 Å². The molecule has 0 spiro atoms. The molecule has 0 aliphatic carbocycles. The van der Waals surface area contributed by atoms with Crippen molar-refractivity contribution in [3.05, 3.63) is 58.6 Å². The van der Waals surface area contributed by atoms with Gasteiger partial charge in [-0.1, -0.05) is 11.6 Å². The number of nitrogens with zero attached hydrogens (tertiary/aromatic N) is 2. The van der Waals surface area contributed by atoms with Crippen molar-refractivity contribution in [2.24, 2.45) is 0 Å². The molecule has 0 atom stereocenters. The van der Waals surface area contributed by atoms with Crippen LogP contribution in [-0.2, 0) is 10.0 Å². The van der Waals surface area contributed by atoms with Crippen molar-refractivity contribution >= 4 is 67.6 Å². The van der Waals surface area contributed by atoms with Gasteiger partial charge in [-0.05, 0) is 31.3 Å². The average Bonchev–Trinajstić information content (AvgIpc) is 3.22. The fourth-order valence-electron chi connectivity index (χ4n) is 2.75. The molecule has 3 N–H and O–H groups in total. The summed E-state index contributed by atoms with van der Waals surface area (Å²) < 4.78 is 55.8. The third kappa shape index (κ3) is 6.20. The molecular formula is C19H21Cl2F2N5O2S2. The summed E-state index contributed by atoms with van der Waals surface area (Å²) in [5.74, 6) is -1.42. The number of rotatable bonds is 9. The van der Waals surface area contributed by atoms with Gasteiger partial charge in [-0.3, -0.25) is 4.72 Å². The van der Waals surface area contributed by atoms with E-state index in [-0.39, 0.29) is 28.2 Å². The van der Waals surface area contributed by atoms with Gasteiger partial charge in [0.15, 0.2) is 5.13 Å². The first-order chi connectivity index (χ1) is 14.7. The lowest BCUT2D eigenvalue weighted by molar-refractivity contribution is 0.570. The van der Waals surface area contributed by atoms with E-state index in [1.54, 1.807) is 19.5 Å².